The molecule has 74 valence electrons. The van der Waals surface area contributed by atoms with Crippen LogP contribution in [0.3, 0.4) is 0 Å². The van der Waals surface area contributed by atoms with Crippen LogP contribution in [0.15, 0.2) is 0 Å². The lowest BCUT2D eigenvalue weighted by atomic mass is 10.3. The van der Waals surface area contributed by atoms with E-state index in [2.05, 4.69) is 26.9 Å². The molecule has 0 aromatic carbocycles. The van der Waals surface area contributed by atoms with E-state index in [1.807, 2.05) is 0 Å². The van der Waals surface area contributed by atoms with Gasteiger partial charge >= 0.3 is 0 Å². The first-order valence-corrected chi connectivity index (χ1v) is 4.97. The van der Waals surface area contributed by atoms with Gasteiger partial charge in [-0.15, -0.1) is 0 Å². The fourth-order valence-corrected chi connectivity index (χ4v) is 1.62. The second-order valence-electron chi connectivity index (χ2n) is 3.19. The second kappa shape index (κ2) is 3.53. The number of hydrogen-bond donors (Lipinski definition) is 1. The van der Waals surface area contributed by atoms with E-state index in [-0.39, 0.29) is 0 Å². The van der Waals surface area contributed by atoms with E-state index in [1.165, 1.54) is 0 Å². The molecule has 2 aromatic heterocycles. The summed E-state index contributed by atoms with van der Waals surface area (Å²) in [5.74, 6) is 1.57. The molecule has 0 amide bonds. The molecular formula is C9H11ClN4. The van der Waals surface area contributed by atoms with Gasteiger partial charge in [0.25, 0.3) is 0 Å². The molecule has 14 heavy (non-hydrogen) atoms. The van der Waals surface area contributed by atoms with Crippen LogP contribution in [0.1, 0.15) is 25.0 Å². The SMILES string of the molecule is CCCc1nc2nc(C)nc(Cl)c2[nH]1. The zero-order valence-electron chi connectivity index (χ0n) is 8.13. The molecule has 0 aliphatic heterocycles. The summed E-state index contributed by atoms with van der Waals surface area (Å²) in [7, 11) is 0. The third-order valence-electron chi connectivity index (χ3n) is 1.95. The van der Waals surface area contributed by atoms with Crippen LogP contribution < -0.4 is 0 Å². The van der Waals surface area contributed by atoms with Crippen LogP contribution in [-0.4, -0.2) is 19.9 Å². The Hall–Kier alpha value is -1.16. The minimum atomic E-state index is 0.447. The number of aromatic amines is 1. The van der Waals surface area contributed by atoms with Crippen molar-refractivity contribution in [3.63, 3.8) is 0 Å². The standard InChI is InChI=1S/C9H11ClN4/c1-3-4-6-13-7-8(10)11-5(2)12-9(7)14-6/h3-4H2,1-2H3,(H,11,12,13,14). The van der Waals surface area contributed by atoms with Gasteiger partial charge in [0.2, 0.25) is 0 Å². The van der Waals surface area contributed by atoms with Gasteiger partial charge in [0.1, 0.15) is 17.2 Å². The first-order chi connectivity index (χ1) is 6.70. The van der Waals surface area contributed by atoms with Gasteiger partial charge < -0.3 is 4.98 Å². The Balaban J connectivity index is 2.58. The number of fused-ring (bicyclic) bond motifs is 1. The van der Waals surface area contributed by atoms with Crippen LogP contribution in [-0.2, 0) is 6.42 Å². The lowest BCUT2D eigenvalue weighted by molar-refractivity contribution is 0.860. The molecule has 0 spiro atoms. The molecule has 5 heteroatoms. The van der Waals surface area contributed by atoms with Crippen molar-refractivity contribution in [1.82, 2.24) is 19.9 Å². The summed E-state index contributed by atoms with van der Waals surface area (Å²) in [6, 6.07) is 0. The molecular weight excluding hydrogens is 200 g/mol. The highest BCUT2D eigenvalue weighted by atomic mass is 35.5. The average molecular weight is 211 g/mol. The van der Waals surface area contributed by atoms with Crippen molar-refractivity contribution in [2.75, 3.05) is 0 Å². The predicted octanol–water partition coefficient (Wildman–Crippen LogP) is 2.27. The fraction of sp³-hybridized carbons (Fsp3) is 0.444. The Labute approximate surface area is 86.7 Å². The Bertz CT molecular complexity index is 463. The lowest BCUT2D eigenvalue weighted by Gasteiger charge is -1.92. The number of nitrogens with one attached hydrogen (secondary N) is 1. The second-order valence-corrected chi connectivity index (χ2v) is 3.55. The van der Waals surface area contributed by atoms with E-state index < -0.39 is 0 Å². The number of imidazole rings is 1. The topological polar surface area (TPSA) is 54.5 Å². The minimum absolute atomic E-state index is 0.447. The number of H-pyrrole nitrogens is 1. The zero-order chi connectivity index (χ0) is 10.1. The van der Waals surface area contributed by atoms with Gasteiger partial charge in [-0.2, -0.15) is 0 Å². The van der Waals surface area contributed by atoms with Gasteiger partial charge in [0.15, 0.2) is 10.8 Å². The molecule has 0 fully saturated rings. The van der Waals surface area contributed by atoms with E-state index in [0.29, 0.717) is 16.6 Å². The number of hydrogen-bond acceptors (Lipinski definition) is 3. The first kappa shape index (κ1) is 9.40. The van der Waals surface area contributed by atoms with Crippen LogP contribution in [0.2, 0.25) is 5.15 Å². The summed E-state index contributed by atoms with van der Waals surface area (Å²) in [6.45, 7) is 3.91. The van der Waals surface area contributed by atoms with E-state index in [4.69, 9.17) is 11.6 Å². The largest absolute Gasteiger partial charge is 0.338 e. The molecule has 0 unspecified atom stereocenters. The number of aromatic nitrogens is 4. The third kappa shape index (κ3) is 1.57. The number of halogens is 1. The zero-order valence-corrected chi connectivity index (χ0v) is 8.89. The summed E-state index contributed by atoms with van der Waals surface area (Å²) in [6.07, 6.45) is 1.95. The van der Waals surface area contributed by atoms with Gasteiger partial charge in [-0.05, 0) is 13.3 Å². The molecule has 0 aliphatic carbocycles. The molecule has 0 aliphatic rings. The van der Waals surface area contributed by atoms with Gasteiger partial charge in [-0.3, -0.25) is 0 Å². The smallest absolute Gasteiger partial charge is 0.182 e. The van der Waals surface area contributed by atoms with Crippen LogP contribution >= 0.6 is 11.6 Å². The predicted molar refractivity (Wildman–Crippen MR) is 55.4 cm³/mol. The summed E-state index contributed by atoms with van der Waals surface area (Å²) in [5, 5.41) is 0.447. The monoisotopic (exact) mass is 210 g/mol. The maximum absolute atomic E-state index is 5.95. The molecule has 2 aromatic rings. The van der Waals surface area contributed by atoms with Crippen LogP contribution in [0.5, 0.6) is 0 Å². The number of aryl methyl sites for hydroxylation is 2. The lowest BCUT2D eigenvalue weighted by Crippen LogP contribution is -1.88. The van der Waals surface area contributed by atoms with E-state index >= 15 is 0 Å². The molecule has 0 saturated heterocycles. The van der Waals surface area contributed by atoms with Gasteiger partial charge in [0.05, 0.1) is 0 Å². The molecule has 2 heterocycles. The highest BCUT2D eigenvalue weighted by Crippen LogP contribution is 2.18. The van der Waals surface area contributed by atoms with Crippen molar-refractivity contribution in [3.05, 3.63) is 16.8 Å². The van der Waals surface area contributed by atoms with Crippen LogP contribution in [0.4, 0.5) is 0 Å². The van der Waals surface area contributed by atoms with Crippen molar-refractivity contribution in [1.29, 1.82) is 0 Å². The van der Waals surface area contributed by atoms with E-state index in [9.17, 15) is 0 Å². The highest BCUT2D eigenvalue weighted by Gasteiger charge is 2.08. The van der Waals surface area contributed by atoms with Crippen molar-refractivity contribution in [3.8, 4) is 0 Å². The highest BCUT2D eigenvalue weighted by molar-refractivity contribution is 6.33. The summed E-state index contributed by atoms with van der Waals surface area (Å²) in [5.41, 5.74) is 1.40. The minimum Gasteiger partial charge on any atom is -0.338 e. The summed E-state index contributed by atoms with van der Waals surface area (Å²) in [4.78, 5) is 15.7. The molecule has 4 nitrogen and oxygen atoms in total. The Morgan fingerprint density at radius 2 is 2.07 bits per heavy atom. The van der Waals surface area contributed by atoms with E-state index in [1.54, 1.807) is 6.92 Å². The van der Waals surface area contributed by atoms with Gasteiger partial charge in [0, 0.05) is 6.42 Å². The first-order valence-electron chi connectivity index (χ1n) is 4.59. The molecule has 0 saturated carbocycles. The van der Waals surface area contributed by atoms with Crippen LogP contribution in [0.25, 0.3) is 11.2 Å². The molecule has 0 radical (unpaired) electrons. The Morgan fingerprint density at radius 3 is 2.79 bits per heavy atom. The summed E-state index contributed by atoms with van der Waals surface area (Å²) < 4.78 is 0. The number of rotatable bonds is 2. The number of nitrogens with zero attached hydrogens (tertiary/aromatic N) is 3. The molecule has 0 bridgehead atoms. The van der Waals surface area contributed by atoms with Crippen molar-refractivity contribution >= 4 is 22.8 Å². The molecule has 2 rings (SSSR count). The summed E-state index contributed by atoms with van der Waals surface area (Å²) >= 11 is 5.95. The quantitative estimate of drug-likeness (QED) is 0.774. The fourth-order valence-electron chi connectivity index (χ4n) is 1.37. The maximum atomic E-state index is 5.95. The molecule has 0 atom stereocenters. The Morgan fingerprint density at radius 1 is 1.29 bits per heavy atom. The van der Waals surface area contributed by atoms with Crippen molar-refractivity contribution in [2.24, 2.45) is 0 Å². The normalized spacial score (nSPS) is 11.1. The van der Waals surface area contributed by atoms with Gasteiger partial charge in [-0.1, -0.05) is 18.5 Å². The maximum Gasteiger partial charge on any atom is 0.182 e. The van der Waals surface area contributed by atoms with Gasteiger partial charge in [-0.25, -0.2) is 15.0 Å². The Kier molecular flexibility index (Phi) is 2.37. The molecule has 1 N–H and O–H groups in total. The average Bonchev–Trinajstić information content (AvgIpc) is 2.48. The van der Waals surface area contributed by atoms with Crippen molar-refractivity contribution in [2.45, 2.75) is 26.7 Å². The van der Waals surface area contributed by atoms with Crippen LogP contribution in [0, 0.1) is 6.92 Å². The van der Waals surface area contributed by atoms with Crippen molar-refractivity contribution < 1.29 is 0 Å². The van der Waals surface area contributed by atoms with E-state index in [0.717, 1.165) is 24.2 Å². The third-order valence-corrected chi connectivity index (χ3v) is 2.23.